The lowest BCUT2D eigenvalue weighted by Gasteiger charge is -2.24. The van der Waals surface area contributed by atoms with Crippen LogP contribution in [0, 0.1) is 11.7 Å². The van der Waals surface area contributed by atoms with Gasteiger partial charge in [0.25, 0.3) is 0 Å². The van der Waals surface area contributed by atoms with E-state index in [0.717, 1.165) is 47.9 Å². The highest BCUT2D eigenvalue weighted by molar-refractivity contribution is 5.80. The van der Waals surface area contributed by atoms with Gasteiger partial charge in [-0.3, -0.25) is 4.79 Å². The quantitative estimate of drug-likeness (QED) is 0.328. The van der Waals surface area contributed by atoms with Crippen molar-refractivity contribution in [1.29, 1.82) is 0 Å². The first-order valence-corrected chi connectivity index (χ1v) is 10.8. The van der Waals surface area contributed by atoms with Gasteiger partial charge in [-0.15, -0.1) is 0 Å². The summed E-state index contributed by atoms with van der Waals surface area (Å²) in [6.07, 6.45) is 4.44. The molecule has 0 fully saturated rings. The molecule has 0 amide bonds. The zero-order valence-corrected chi connectivity index (χ0v) is 17.6. The lowest BCUT2D eigenvalue weighted by molar-refractivity contribution is -0.140. The molecule has 3 aromatic carbocycles. The molecule has 0 saturated heterocycles. The first-order valence-electron chi connectivity index (χ1n) is 10.8. The Bertz CT molecular complexity index is 1040. The van der Waals surface area contributed by atoms with Crippen molar-refractivity contribution < 1.29 is 13.9 Å². The summed E-state index contributed by atoms with van der Waals surface area (Å²) in [5.74, 6) is -0.842. The van der Waals surface area contributed by atoms with Gasteiger partial charge < -0.3 is 4.74 Å². The topological polar surface area (TPSA) is 26.3 Å². The monoisotopic (exact) mass is 402 g/mol. The van der Waals surface area contributed by atoms with E-state index in [-0.39, 0.29) is 17.6 Å². The molecule has 1 aliphatic rings. The fourth-order valence-electron chi connectivity index (χ4n) is 4.19. The van der Waals surface area contributed by atoms with E-state index in [4.69, 9.17) is 4.74 Å². The number of halogens is 1. The maximum Gasteiger partial charge on any atom is 0.314 e. The molecule has 154 valence electrons. The summed E-state index contributed by atoms with van der Waals surface area (Å²) in [5.41, 5.74) is 5.58. The van der Waals surface area contributed by atoms with Crippen molar-refractivity contribution in [1.82, 2.24) is 0 Å². The second-order valence-corrected chi connectivity index (χ2v) is 8.05. The Morgan fingerprint density at radius 1 is 0.867 bits per heavy atom. The number of aryl methyl sites for hydroxylation is 1. The molecule has 0 spiro atoms. The number of benzene rings is 3. The van der Waals surface area contributed by atoms with Crippen LogP contribution >= 0.6 is 0 Å². The third kappa shape index (κ3) is 4.02. The van der Waals surface area contributed by atoms with Gasteiger partial charge in [-0.25, -0.2) is 4.39 Å². The summed E-state index contributed by atoms with van der Waals surface area (Å²) in [6, 6.07) is 20.1. The SMILES string of the molecule is CCCc1ccc(-c2ccc(-c3ccc4c(c3F)OC(=O)C(CCC)C4)cc2)cc1. The molecule has 0 aromatic heterocycles. The molecule has 1 atom stereocenters. The maximum atomic E-state index is 15.2. The summed E-state index contributed by atoms with van der Waals surface area (Å²) in [6.45, 7) is 4.21. The minimum absolute atomic E-state index is 0.0976. The molecule has 1 unspecified atom stereocenters. The van der Waals surface area contributed by atoms with Gasteiger partial charge in [-0.2, -0.15) is 0 Å². The van der Waals surface area contributed by atoms with Crippen molar-refractivity contribution in [2.24, 2.45) is 5.92 Å². The Hall–Kier alpha value is -2.94. The van der Waals surface area contributed by atoms with E-state index in [1.54, 1.807) is 6.07 Å². The standard InChI is InChI=1S/C27H27FO2/c1-3-5-18-7-9-19(10-8-18)20-11-13-21(14-12-20)24-16-15-22-17-23(6-4-2)27(29)30-26(22)25(24)28/h7-16,23H,3-6,17H2,1-2H3. The van der Waals surface area contributed by atoms with Crippen LogP contribution in [0.3, 0.4) is 0 Å². The predicted octanol–water partition coefficient (Wildman–Crippen LogP) is 6.99. The van der Waals surface area contributed by atoms with E-state index in [2.05, 4.69) is 31.2 Å². The van der Waals surface area contributed by atoms with E-state index in [1.807, 2.05) is 37.3 Å². The second-order valence-electron chi connectivity index (χ2n) is 8.05. The van der Waals surface area contributed by atoms with E-state index in [9.17, 15) is 4.79 Å². The fraction of sp³-hybridized carbons (Fsp3) is 0.296. The molecule has 0 saturated carbocycles. The molecule has 1 aliphatic heterocycles. The van der Waals surface area contributed by atoms with Crippen molar-refractivity contribution in [3.8, 4) is 28.0 Å². The highest BCUT2D eigenvalue weighted by Gasteiger charge is 2.30. The molecule has 0 N–H and O–H groups in total. The Kier molecular flexibility index (Phi) is 5.98. The van der Waals surface area contributed by atoms with Crippen molar-refractivity contribution in [2.75, 3.05) is 0 Å². The third-order valence-electron chi connectivity index (χ3n) is 5.84. The number of hydrogen-bond acceptors (Lipinski definition) is 2. The summed E-state index contributed by atoms with van der Waals surface area (Å²) in [4.78, 5) is 12.2. The van der Waals surface area contributed by atoms with E-state index in [0.29, 0.717) is 12.0 Å². The van der Waals surface area contributed by atoms with Crippen LogP contribution < -0.4 is 4.74 Å². The highest BCUT2D eigenvalue weighted by atomic mass is 19.1. The number of esters is 1. The molecule has 30 heavy (non-hydrogen) atoms. The molecule has 2 nitrogen and oxygen atoms in total. The van der Waals surface area contributed by atoms with Gasteiger partial charge in [-0.05, 0) is 47.1 Å². The maximum absolute atomic E-state index is 15.2. The van der Waals surface area contributed by atoms with Crippen LogP contribution in [0.15, 0.2) is 60.7 Å². The van der Waals surface area contributed by atoms with Gasteiger partial charge in [0.1, 0.15) is 0 Å². The highest BCUT2D eigenvalue weighted by Crippen LogP contribution is 2.38. The summed E-state index contributed by atoms with van der Waals surface area (Å²) >= 11 is 0. The second kappa shape index (κ2) is 8.83. The van der Waals surface area contributed by atoms with Crippen LogP contribution in [-0.2, 0) is 17.6 Å². The molecule has 0 aliphatic carbocycles. The van der Waals surface area contributed by atoms with Gasteiger partial charge in [0, 0.05) is 5.56 Å². The van der Waals surface area contributed by atoms with Crippen LogP contribution in [-0.4, -0.2) is 5.97 Å². The number of carbonyl (C=O) groups is 1. The molecule has 3 heteroatoms. The average Bonchev–Trinajstić information content (AvgIpc) is 2.76. The van der Waals surface area contributed by atoms with Crippen molar-refractivity contribution in [3.63, 3.8) is 0 Å². The molecule has 3 aromatic rings. The number of rotatable bonds is 6. The Morgan fingerprint density at radius 2 is 1.50 bits per heavy atom. The number of ether oxygens (including phenoxy) is 1. The molecule has 0 bridgehead atoms. The number of hydrogen-bond donors (Lipinski definition) is 0. The van der Waals surface area contributed by atoms with Crippen molar-refractivity contribution in [2.45, 2.75) is 46.0 Å². The van der Waals surface area contributed by atoms with E-state index >= 15 is 4.39 Å². The minimum atomic E-state index is -0.451. The lowest BCUT2D eigenvalue weighted by Crippen LogP contribution is -2.28. The van der Waals surface area contributed by atoms with Gasteiger partial charge >= 0.3 is 5.97 Å². The zero-order chi connectivity index (χ0) is 21.1. The number of carbonyl (C=O) groups excluding carboxylic acids is 1. The van der Waals surface area contributed by atoms with Gasteiger partial charge in [0.2, 0.25) is 0 Å². The normalized spacial score (nSPS) is 15.6. The average molecular weight is 403 g/mol. The zero-order valence-electron chi connectivity index (χ0n) is 17.6. The van der Waals surface area contributed by atoms with Crippen molar-refractivity contribution >= 4 is 5.97 Å². The van der Waals surface area contributed by atoms with Crippen molar-refractivity contribution in [3.05, 3.63) is 77.6 Å². The molecular weight excluding hydrogens is 375 g/mol. The summed E-state index contributed by atoms with van der Waals surface area (Å²) in [7, 11) is 0. The number of fused-ring (bicyclic) bond motifs is 1. The molecular formula is C27H27FO2. The Morgan fingerprint density at radius 3 is 2.13 bits per heavy atom. The minimum Gasteiger partial charge on any atom is -0.423 e. The third-order valence-corrected chi connectivity index (χ3v) is 5.84. The van der Waals surface area contributed by atoms with Gasteiger partial charge in [0.15, 0.2) is 11.6 Å². The Balaban J connectivity index is 1.59. The predicted molar refractivity (Wildman–Crippen MR) is 119 cm³/mol. The molecule has 1 heterocycles. The molecule has 0 radical (unpaired) electrons. The van der Waals surface area contributed by atoms with Crippen LogP contribution in [0.5, 0.6) is 5.75 Å². The first kappa shape index (κ1) is 20.3. The Labute approximate surface area is 177 Å². The van der Waals surface area contributed by atoms with Gasteiger partial charge in [0.05, 0.1) is 5.92 Å². The largest absolute Gasteiger partial charge is 0.423 e. The first-order chi connectivity index (χ1) is 14.6. The molecule has 4 rings (SSSR count). The fourth-order valence-corrected chi connectivity index (χ4v) is 4.19. The smallest absolute Gasteiger partial charge is 0.314 e. The summed E-state index contributed by atoms with van der Waals surface area (Å²) in [5, 5.41) is 0. The van der Waals surface area contributed by atoms with E-state index < -0.39 is 5.82 Å². The van der Waals surface area contributed by atoms with E-state index in [1.165, 1.54) is 5.56 Å². The lowest BCUT2D eigenvalue weighted by atomic mass is 9.90. The van der Waals surface area contributed by atoms with Crippen LogP contribution in [0.2, 0.25) is 0 Å². The van der Waals surface area contributed by atoms with Gasteiger partial charge in [-0.1, -0.05) is 87.4 Å². The van der Waals surface area contributed by atoms with Crippen LogP contribution in [0.4, 0.5) is 4.39 Å². The summed E-state index contributed by atoms with van der Waals surface area (Å²) < 4.78 is 20.6. The van der Waals surface area contributed by atoms with Crippen LogP contribution in [0.25, 0.3) is 22.3 Å². The van der Waals surface area contributed by atoms with Crippen LogP contribution in [0.1, 0.15) is 44.2 Å².